The van der Waals surface area contributed by atoms with E-state index in [-0.39, 0.29) is 29.6 Å². The number of nitro groups is 1. The second-order valence-electron chi connectivity index (χ2n) is 17.3. The number of hydrogen-bond acceptors (Lipinski definition) is 17. The first-order chi connectivity index (χ1) is 35.0. The summed E-state index contributed by atoms with van der Waals surface area (Å²) in [7, 11) is 0. The van der Waals surface area contributed by atoms with Crippen LogP contribution in [0.15, 0.2) is 132 Å². The molecule has 0 aliphatic carbocycles. The van der Waals surface area contributed by atoms with E-state index in [4.69, 9.17) is 29.7 Å². The van der Waals surface area contributed by atoms with E-state index in [0.717, 1.165) is 93.9 Å². The molecule has 2 saturated heterocycles. The third kappa shape index (κ3) is 10.2. The second-order valence-corrected chi connectivity index (χ2v) is 17.3. The van der Waals surface area contributed by atoms with Gasteiger partial charge < -0.3 is 35.1 Å². The molecule has 1 atom stereocenters. The van der Waals surface area contributed by atoms with Crippen LogP contribution in [0.1, 0.15) is 42.5 Å². The van der Waals surface area contributed by atoms with Gasteiger partial charge in [-0.05, 0) is 48.6 Å². The summed E-state index contributed by atoms with van der Waals surface area (Å²) >= 11 is 0. The zero-order valence-corrected chi connectivity index (χ0v) is 38.5. The van der Waals surface area contributed by atoms with Gasteiger partial charge in [-0.15, -0.1) is 0 Å². The van der Waals surface area contributed by atoms with E-state index in [2.05, 4.69) is 80.7 Å². The van der Waals surface area contributed by atoms with Gasteiger partial charge in [-0.25, -0.2) is 10.9 Å². The molecule has 0 bridgehead atoms. The van der Waals surface area contributed by atoms with Gasteiger partial charge in [0.15, 0.2) is 0 Å². The van der Waals surface area contributed by atoms with E-state index in [9.17, 15) is 10.1 Å². The molecule has 71 heavy (non-hydrogen) atoms. The van der Waals surface area contributed by atoms with E-state index < -0.39 is 4.92 Å². The number of hydrazone groups is 2. The van der Waals surface area contributed by atoms with Crippen LogP contribution in [0.5, 0.6) is 0 Å². The highest BCUT2D eigenvalue weighted by Crippen LogP contribution is 2.29. The Morgan fingerprint density at radius 2 is 1.31 bits per heavy atom. The Morgan fingerprint density at radius 3 is 2.08 bits per heavy atom. The molecular formula is C51H49N17O3. The van der Waals surface area contributed by atoms with Crippen LogP contribution in [0.3, 0.4) is 0 Å². The number of aromatic nitrogens is 8. The fourth-order valence-electron chi connectivity index (χ4n) is 9.04. The first-order valence-electron chi connectivity index (χ1n) is 23.6. The molecule has 356 valence electrons. The Labute approximate surface area is 406 Å². The van der Waals surface area contributed by atoms with Gasteiger partial charge in [0.05, 0.1) is 30.1 Å². The molecule has 1 unspecified atom stereocenters. The molecule has 0 saturated carbocycles. The zero-order valence-electron chi connectivity index (χ0n) is 38.5. The molecule has 0 amide bonds. The number of nitrogens with zero attached hydrogens (tertiary/aromatic N) is 11. The lowest BCUT2D eigenvalue weighted by Crippen LogP contribution is -2.44. The van der Waals surface area contributed by atoms with Gasteiger partial charge in [0, 0.05) is 106 Å². The van der Waals surface area contributed by atoms with Crippen molar-refractivity contribution in [3.63, 3.8) is 0 Å². The summed E-state index contributed by atoms with van der Waals surface area (Å²) < 4.78 is 6.44. The third-order valence-electron chi connectivity index (χ3n) is 12.5. The van der Waals surface area contributed by atoms with Crippen LogP contribution in [0.2, 0.25) is 0 Å². The van der Waals surface area contributed by atoms with Gasteiger partial charge in [-0.3, -0.25) is 10.1 Å². The molecule has 11 rings (SSSR count). The molecule has 0 spiro atoms. The largest absolute Gasteiger partial charge is 0.374 e. The van der Waals surface area contributed by atoms with Crippen molar-refractivity contribution >= 4 is 97.8 Å². The Bertz CT molecular complexity index is 3400. The first-order valence-corrected chi connectivity index (χ1v) is 23.6. The third-order valence-corrected chi connectivity index (χ3v) is 12.5. The van der Waals surface area contributed by atoms with Crippen molar-refractivity contribution in [2.45, 2.75) is 38.2 Å². The molecule has 20 nitrogen and oxygen atoms in total. The quantitative estimate of drug-likeness (QED) is 0.0319. The molecule has 5 aromatic carbocycles. The van der Waals surface area contributed by atoms with E-state index in [1.807, 2.05) is 72.9 Å². The van der Waals surface area contributed by atoms with Gasteiger partial charge >= 0.3 is 0 Å². The molecule has 6 heterocycles. The van der Waals surface area contributed by atoms with Crippen LogP contribution in [0.25, 0.3) is 32.6 Å². The lowest BCUT2D eigenvalue weighted by atomic mass is 10.1. The van der Waals surface area contributed by atoms with Gasteiger partial charge in [0.1, 0.15) is 0 Å². The Balaban J connectivity index is 0.846. The average Bonchev–Trinajstić information content (AvgIpc) is 3.84. The number of ether oxygens (including phenoxy) is 1. The molecule has 2 fully saturated rings. The van der Waals surface area contributed by atoms with Gasteiger partial charge in [-0.2, -0.15) is 40.1 Å². The van der Waals surface area contributed by atoms with Crippen molar-refractivity contribution in [2.24, 2.45) is 10.2 Å². The zero-order chi connectivity index (χ0) is 47.9. The number of anilines is 8. The van der Waals surface area contributed by atoms with E-state index >= 15 is 0 Å². The van der Waals surface area contributed by atoms with Crippen LogP contribution >= 0.6 is 0 Å². The predicted octanol–water partition coefficient (Wildman–Crippen LogP) is 9.29. The second kappa shape index (κ2) is 20.3. The summed E-state index contributed by atoms with van der Waals surface area (Å²) in [6.07, 6.45) is 10.1. The summed E-state index contributed by atoms with van der Waals surface area (Å²) in [5, 5.41) is 31.3. The number of aromatic amines is 2. The number of non-ortho nitro benzene ring substituents is 1. The SMILES string of the molecule is O=[N+]([O-])c1ccc(Nc2nc(N/N=C/c3c(CC4CN(c5nc(N/N=C/c6c[nH]c7ccccc67)nc(Nc6cccc7ccccc67)n5)CCO4)[nH]c4ccccc34)nc(N3CCCCCC3)n2)cc1. The summed E-state index contributed by atoms with van der Waals surface area (Å²) in [6, 6.07) is 36.5. The number of nitrogens with one attached hydrogen (secondary N) is 6. The minimum absolute atomic E-state index is 0.00841. The average molecular weight is 948 g/mol. The van der Waals surface area contributed by atoms with Gasteiger partial charge in [0.25, 0.3) is 5.69 Å². The van der Waals surface area contributed by atoms with Crippen molar-refractivity contribution in [1.29, 1.82) is 0 Å². The number of rotatable bonds is 15. The first kappa shape index (κ1) is 44.5. The van der Waals surface area contributed by atoms with E-state index in [1.165, 1.54) is 12.1 Å². The summed E-state index contributed by atoms with van der Waals surface area (Å²) in [6.45, 7) is 3.14. The van der Waals surface area contributed by atoms with Crippen molar-refractivity contribution < 1.29 is 9.66 Å². The Morgan fingerprint density at radius 1 is 0.662 bits per heavy atom. The molecule has 2 aliphatic heterocycles. The number of morpholine rings is 1. The van der Waals surface area contributed by atoms with Crippen molar-refractivity contribution in [3.05, 3.63) is 148 Å². The predicted molar refractivity (Wildman–Crippen MR) is 279 cm³/mol. The number of hydrogen-bond donors (Lipinski definition) is 6. The van der Waals surface area contributed by atoms with Gasteiger partial charge in [0.2, 0.25) is 35.7 Å². The smallest absolute Gasteiger partial charge is 0.269 e. The number of nitro benzene ring substituents is 1. The summed E-state index contributed by atoms with van der Waals surface area (Å²) in [5.74, 6) is 2.18. The van der Waals surface area contributed by atoms with Crippen LogP contribution < -0.4 is 31.3 Å². The maximum atomic E-state index is 11.3. The maximum Gasteiger partial charge on any atom is 0.269 e. The number of benzene rings is 5. The molecule has 6 N–H and O–H groups in total. The molecular weight excluding hydrogens is 899 g/mol. The van der Waals surface area contributed by atoms with Crippen molar-refractivity contribution in [3.8, 4) is 0 Å². The van der Waals surface area contributed by atoms with E-state index in [0.29, 0.717) is 49.6 Å². The number of H-pyrrole nitrogens is 2. The Hall–Kier alpha value is -9.04. The standard InChI is InChI=1S/C51H49N17O3/c69-68(70)36-22-20-35(21-23-36)55-46-58-48(62-50(60-46)66-24-9-1-2-10-25-66)65-54-31-41-40-16-6-8-18-44(40)56-45(41)28-37-32-67(26-27-71-37)51-61-47(57-43-19-11-13-33-12-3-4-14-38(33)43)59-49(63-51)64-53-30-34-29-52-42-17-7-5-15-39(34)42/h3-8,11-23,29-31,37,52,56H,1-2,9-10,24-28,32H2,(H2,55,58,60,62,65)(H2,57,59,61,63,64)/b53-30+,54-31+. The van der Waals surface area contributed by atoms with Crippen molar-refractivity contribution in [1.82, 2.24) is 39.9 Å². The topological polar surface area (TPSA) is 241 Å². The fraction of sp³-hybridized carbons (Fsp3) is 0.216. The Kier molecular flexibility index (Phi) is 12.7. The van der Waals surface area contributed by atoms with Crippen molar-refractivity contribution in [2.75, 3.05) is 64.1 Å². The number of fused-ring (bicyclic) bond motifs is 3. The van der Waals surface area contributed by atoms with Crippen LogP contribution in [0.4, 0.5) is 52.8 Å². The van der Waals surface area contributed by atoms with Crippen LogP contribution in [-0.4, -0.2) is 96.1 Å². The minimum Gasteiger partial charge on any atom is -0.374 e. The van der Waals surface area contributed by atoms with Gasteiger partial charge in [-0.1, -0.05) is 85.6 Å². The lowest BCUT2D eigenvalue weighted by molar-refractivity contribution is -0.384. The maximum absolute atomic E-state index is 11.3. The lowest BCUT2D eigenvalue weighted by Gasteiger charge is -2.33. The highest BCUT2D eigenvalue weighted by Gasteiger charge is 2.26. The molecule has 9 aromatic rings. The summed E-state index contributed by atoms with van der Waals surface area (Å²) in [4.78, 5) is 50.8. The van der Waals surface area contributed by atoms with Crippen LogP contribution in [-0.2, 0) is 11.2 Å². The van der Waals surface area contributed by atoms with E-state index in [1.54, 1.807) is 24.6 Å². The highest BCUT2D eigenvalue weighted by atomic mass is 16.6. The van der Waals surface area contributed by atoms with Crippen LogP contribution in [0, 0.1) is 10.1 Å². The normalized spacial score (nSPS) is 15.5. The molecule has 0 radical (unpaired) electrons. The minimum atomic E-state index is -0.433. The molecule has 20 heteroatoms. The highest BCUT2D eigenvalue weighted by molar-refractivity contribution is 6.01. The number of para-hydroxylation sites is 2. The summed E-state index contributed by atoms with van der Waals surface area (Å²) in [5.41, 5.74) is 12.3. The fourth-order valence-corrected chi connectivity index (χ4v) is 9.04. The monoisotopic (exact) mass is 947 g/mol. The molecule has 2 aliphatic rings. The molecule has 4 aromatic heterocycles.